The highest BCUT2D eigenvalue weighted by molar-refractivity contribution is 5.92. The summed E-state index contributed by atoms with van der Waals surface area (Å²) in [6.45, 7) is 7.96. The highest BCUT2D eigenvalue weighted by atomic mass is 16.5. The Morgan fingerprint density at radius 2 is 2.00 bits per heavy atom. The first-order valence-corrected chi connectivity index (χ1v) is 10.1. The maximum absolute atomic E-state index is 12.9. The lowest BCUT2D eigenvalue weighted by atomic mass is 9.80. The van der Waals surface area contributed by atoms with E-state index in [2.05, 4.69) is 26.8 Å². The van der Waals surface area contributed by atoms with Crippen LogP contribution in [0.3, 0.4) is 0 Å². The van der Waals surface area contributed by atoms with E-state index >= 15 is 0 Å². The summed E-state index contributed by atoms with van der Waals surface area (Å²) in [5.41, 5.74) is 2.40. The van der Waals surface area contributed by atoms with E-state index in [4.69, 9.17) is 14.1 Å². The minimum Gasteiger partial charge on any atom is -0.438 e. The average molecular weight is 398 g/mol. The number of piperazine rings is 1. The van der Waals surface area contributed by atoms with Crippen LogP contribution < -0.4 is 4.90 Å². The van der Waals surface area contributed by atoms with Crippen LogP contribution in [0.5, 0.6) is 0 Å². The molecule has 154 valence electrons. The van der Waals surface area contributed by atoms with E-state index in [1.165, 1.54) is 6.39 Å². The van der Waals surface area contributed by atoms with Gasteiger partial charge < -0.3 is 23.9 Å². The lowest BCUT2D eigenvalue weighted by molar-refractivity contribution is 0.0478. The van der Waals surface area contributed by atoms with Crippen LogP contribution in [-0.4, -0.2) is 83.6 Å². The number of amides is 1. The summed E-state index contributed by atoms with van der Waals surface area (Å²) in [7, 11) is 2.14. The number of carbonyl (C=O) groups excluding carboxylic acids is 1. The van der Waals surface area contributed by atoms with Crippen molar-refractivity contribution in [3.63, 3.8) is 0 Å². The van der Waals surface area contributed by atoms with E-state index in [1.54, 1.807) is 6.92 Å². The molecule has 1 atom stereocenters. The van der Waals surface area contributed by atoms with Crippen molar-refractivity contribution >= 4 is 11.9 Å². The molecule has 2 aromatic heterocycles. The second kappa shape index (κ2) is 7.07. The molecule has 1 amide bonds. The minimum absolute atomic E-state index is 0.114. The molecular weight excluding hydrogens is 372 g/mol. The van der Waals surface area contributed by atoms with Crippen LogP contribution in [0.15, 0.2) is 17.0 Å². The third kappa shape index (κ3) is 3.18. The number of hydrogen-bond donors (Lipinski definition) is 0. The fraction of sp³-hybridized carbons (Fsp3) is 0.600. The third-order valence-electron chi connectivity index (χ3n) is 6.36. The van der Waals surface area contributed by atoms with Gasteiger partial charge in [-0.05, 0) is 20.4 Å². The fourth-order valence-electron chi connectivity index (χ4n) is 4.55. The number of carbonyl (C=O) groups is 1. The van der Waals surface area contributed by atoms with Gasteiger partial charge in [-0.25, -0.2) is 15.0 Å². The third-order valence-corrected chi connectivity index (χ3v) is 6.36. The number of rotatable bonds is 2. The Kier molecular flexibility index (Phi) is 4.51. The van der Waals surface area contributed by atoms with E-state index in [9.17, 15) is 4.79 Å². The maximum Gasteiger partial charge on any atom is 0.291 e. The molecule has 1 spiro atoms. The zero-order valence-electron chi connectivity index (χ0n) is 16.9. The second-order valence-corrected chi connectivity index (χ2v) is 8.35. The molecule has 0 aliphatic carbocycles. The summed E-state index contributed by atoms with van der Waals surface area (Å²) in [5.74, 6) is 0.992. The molecule has 1 unspecified atom stereocenters. The molecule has 0 bridgehead atoms. The van der Waals surface area contributed by atoms with Crippen molar-refractivity contribution in [2.45, 2.75) is 25.4 Å². The SMILES string of the molecule is Cc1ncoc1C(=O)N1CCC2(COCc3cnc(N4CCN(C)CC4)nc32)C1. The average Bonchev–Trinajstić information content (AvgIpc) is 3.35. The van der Waals surface area contributed by atoms with Crippen molar-refractivity contribution in [2.75, 3.05) is 57.8 Å². The van der Waals surface area contributed by atoms with E-state index in [1.807, 2.05) is 11.1 Å². The van der Waals surface area contributed by atoms with Crippen LogP contribution in [0.1, 0.15) is 33.9 Å². The van der Waals surface area contributed by atoms with Gasteiger partial charge in [-0.1, -0.05) is 0 Å². The number of likely N-dealkylation sites (N-methyl/N-ethyl adjacent to an activating group) is 1. The Balaban J connectivity index is 1.42. The maximum atomic E-state index is 12.9. The number of fused-ring (bicyclic) bond motifs is 2. The van der Waals surface area contributed by atoms with Crippen molar-refractivity contribution in [3.05, 3.63) is 35.3 Å². The van der Waals surface area contributed by atoms with E-state index < -0.39 is 0 Å². The zero-order chi connectivity index (χ0) is 20.0. The fourth-order valence-corrected chi connectivity index (χ4v) is 4.55. The molecule has 9 nitrogen and oxygen atoms in total. The Labute approximate surface area is 169 Å². The largest absolute Gasteiger partial charge is 0.438 e. The number of aromatic nitrogens is 3. The van der Waals surface area contributed by atoms with Crippen LogP contribution in [0.4, 0.5) is 5.95 Å². The molecule has 3 aliphatic rings. The molecule has 0 radical (unpaired) electrons. The molecule has 0 N–H and O–H groups in total. The van der Waals surface area contributed by atoms with Gasteiger partial charge in [0.15, 0.2) is 6.39 Å². The second-order valence-electron chi connectivity index (χ2n) is 8.35. The summed E-state index contributed by atoms with van der Waals surface area (Å²) in [4.78, 5) is 33.0. The summed E-state index contributed by atoms with van der Waals surface area (Å²) in [5, 5.41) is 0. The minimum atomic E-state index is -0.290. The van der Waals surface area contributed by atoms with E-state index in [0.717, 1.165) is 49.8 Å². The van der Waals surface area contributed by atoms with Gasteiger partial charge in [0.1, 0.15) is 0 Å². The zero-order valence-corrected chi connectivity index (χ0v) is 16.9. The highest BCUT2D eigenvalue weighted by Crippen LogP contribution is 2.40. The van der Waals surface area contributed by atoms with Crippen molar-refractivity contribution < 1.29 is 13.9 Å². The molecule has 5 heterocycles. The predicted molar refractivity (Wildman–Crippen MR) is 105 cm³/mol. The molecule has 9 heteroatoms. The number of likely N-dealkylation sites (tertiary alicyclic amines) is 1. The Bertz CT molecular complexity index is 923. The molecule has 5 rings (SSSR count). The number of aryl methyl sites for hydroxylation is 1. The summed E-state index contributed by atoms with van der Waals surface area (Å²) < 4.78 is 11.2. The predicted octanol–water partition coefficient (Wildman–Crippen LogP) is 0.839. The smallest absolute Gasteiger partial charge is 0.291 e. The van der Waals surface area contributed by atoms with Gasteiger partial charge in [-0.15, -0.1) is 0 Å². The van der Waals surface area contributed by atoms with Crippen molar-refractivity contribution in [2.24, 2.45) is 0 Å². The lowest BCUT2D eigenvalue weighted by Crippen LogP contribution is -2.46. The van der Waals surface area contributed by atoms with Gasteiger partial charge in [-0.3, -0.25) is 4.79 Å². The van der Waals surface area contributed by atoms with Gasteiger partial charge in [0.25, 0.3) is 5.91 Å². The lowest BCUT2D eigenvalue weighted by Gasteiger charge is -2.36. The molecule has 0 saturated carbocycles. The van der Waals surface area contributed by atoms with Gasteiger partial charge >= 0.3 is 0 Å². The summed E-state index contributed by atoms with van der Waals surface area (Å²) in [6, 6.07) is 0. The van der Waals surface area contributed by atoms with Gasteiger partial charge in [-0.2, -0.15) is 0 Å². The van der Waals surface area contributed by atoms with Gasteiger partial charge in [0.2, 0.25) is 11.7 Å². The molecular formula is C20H26N6O3. The number of ether oxygens (including phenoxy) is 1. The number of hydrogen-bond acceptors (Lipinski definition) is 8. The molecule has 0 aromatic carbocycles. The number of anilines is 1. The van der Waals surface area contributed by atoms with Crippen LogP contribution in [-0.2, 0) is 16.8 Å². The van der Waals surface area contributed by atoms with Crippen LogP contribution in [0.2, 0.25) is 0 Å². The standard InChI is InChI=1S/C20H26N6O3/c1-14-16(29-13-22-14)18(27)26-4-3-20(11-26)12-28-10-15-9-21-19(23-17(15)20)25-7-5-24(2)6-8-25/h9,13H,3-8,10-12H2,1-2H3. The van der Waals surface area contributed by atoms with Crippen molar-refractivity contribution in [1.29, 1.82) is 0 Å². The van der Waals surface area contributed by atoms with Crippen molar-refractivity contribution in [1.82, 2.24) is 24.8 Å². The quantitative estimate of drug-likeness (QED) is 0.735. The van der Waals surface area contributed by atoms with Crippen LogP contribution in [0.25, 0.3) is 0 Å². The number of oxazole rings is 1. The van der Waals surface area contributed by atoms with E-state index in [-0.39, 0.29) is 11.3 Å². The van der Waals surface area contributed by atoms with E-state index in [0.29, 0.717) is 37.8 Å². The summed E-state index contributed by atoms with van der Waals surface area (Å²) in [6.07, 6.45) is 4.04. The topological polar surface area (TPSA) is 87.8 Å². The molecule has 3 aliphatic heterocycles. The number of nitrogens with zero attached hydrogens (tertiary/aromatic N) is 6. The first kappa shape index (κ1) is 18.5. The molecule has 2 saturated heterocycles. The monoisotopic (exact) mass is 398 g/mol. The summed E-state index contributed by atoms with van der Waals surface area (Å²) >= 11 is 0. The van der Waals surface area contributed by atoms with Crippen LogP contribution in [0, 0.1) is 6.92 Å². The Morgan fingerprint density at radius 3 is 2.76 bits per heavy atom. The first-order chi connectivity index (χ1) is 14.1. The normalized spacial score (nSPS) is 24.9. The van der Waals surface area contributed by atoms with Gasteiger partial charge in [0.05, 0.1) is 30.0 Å². The molecule has 2 fully saturated rings. The highest BCUT2D eigenvalue weighted by Gasteiger charge is 2.47. The van der Waals surface area contributed by atoms with Crippen LogP contribution >= 0.6 is 0 Å². The molecule has 29 heavy (non-hydrogen) atoms. The Hall–Kier alpha value is -2.52. The Morgan fingerprint density at radius 1 is 1.17 bits per heavy atom. The van der Waals surface area contributed by atoms with Crippen molar-refractivity contribution in [3.8, 4) is 0 Å². The first-order valence-electron chi connectivity index (χ1n) is 10.1. The van der Waals surface area contributed by atoms with Gasteiger partial charge in [0, 0.05) is 51.0 Å². The molecule has 2 aromatic rings.